The van der Waals surface area contributed by atoms with Crippen LogP contribution >= 0.6 is 11.6 Å². The van der Waals surface area contributed by atoms with E-state index in [2.05, 4.69) is 6.58 Å². The number of amides is 1. The number of carbonyl (C=O) groups excluding carboxylic acids is 2. The first-order valence-corrected chi connectivity index (χ1v) is 4.89. The molecule has 4 nitrogen and oxygen atoms in total. The van der Waals surface area contributed by atoms with Crippen molar-refractivity contribution in [3.05, 3.63) is 24.3 Å². The van der Waals surface area contributed by atoms with E-state index in [4.69, 9.17) is 16.3 Å². The highest BCUT2D eigenvalue weighted by molar-refractivity contribution is 6.67. The summed E-state index contributed by atoms with van der Waals surface area (Å²) in [6, 6.07) is -0.167. The first-order valence-electron chi connectivity index (χ1n) is 4.51. The van der Waals surface area contributed by atoms with Gasteiger partial charge in [0, 0.05) is 5.57 Å². The van der Waals surface area contributed by atoms with Gasteiger partial charge in [0.05, 0.1) is 12.6 Å². The van der Waals surface area contributed by atoms with Gasteiger partial charge in [0.2, 0.25) is 5.24 Å². The van der Waals surface area contributed by atoms with Crippen LogP contribution in [0.5, 0.6) is 0 Å². The highest BCUT2D eigenvalue weighted by Crippen LogP contribution is 2.18. The number of rotatable bonds is 3. The molecule has 0 unspecified atom stereocenters. The van der Waals surface area contributed by atoms with Gasteiger partial charge in [-0.3, -0.25) is 9.69 Å². The van der Waals surface area contributed by atoms with Crippen molar-refractivity contribution in [2.75, 3.05) is 13.2 Å². The van der Waals surface area contributed by atoms with Crippen molar-refractivity contribution in [1.82, 2.24) is 4.90 Å². The average molecular weight is 230 g/mol. The minimum absolute atomic E-state index is 0.159. The van der Waals surface area contributed by atoms with Crippen LogP contribution in [-0.2, 0) is 9.53 Å². The number of nitrogens with zero attached hydrogens (tertiary/aromatic N) is 1. The Hall–Kier alpha value is -1.29. The first-order chi connectivity index (χ1) is 7.06. The predicted molar refractivity (Wildman–Crippen MR) is 56.7 cm³/mol. The molecule has 1 atom stereocenters. The summed E-state index contributed by atoms with van der Waals surface area (Å²) in [5.74, 6) is 0. The van der Waals surface area contributed by atoms with E-state index in [0.29, 0.717) is 5.57 Å². The fraction of sp³-hybridized carbons (Fsp3) is 0.400. The molecule has 0 aromatic carbocycles. The van der Waals surface area contributed by atoms with Crippen molar-refractivity contribution in [3.8, 4) is 0 Å². The zero-order valence-corrected chi connectivity index (χ0v) is 9.16. The predicted octanol–water partition coefficient (Wildman–Crippen LogP) is 1.70. The second kappa shape index (κ2) is 4.98. The lowest BCUT2D eigenvalue weighted by Gasteiger charge is -2.20. The van der Waals surface area contributed by atoms with E-state index in [0.717, 1.165) is 0 Å². The summed E-state index contributed by atoms with van der Waals surface area (Å²) >= 11 is 5.32. The van der Waals surface area contributed by atoms with Crippen LogP contribution in [0.4, 0.5) is 4.79 Å². The lowest BCUT2D eigenvalue weighted by molar-refractivity contribution is -0.108. The van der Waals surface area contributed by atoms with E-state index in [-0.39, 0.29) is 19.2 Å². The quantitative estimate of drug-likeness (QED) is 0.547. The Kier molecular flexibility index (Phi) is 3.91. The third-order valence-corrected chi connectivity index (χ3v) is 2.33. The smallest absolute Gasteiger partial charge is 0.410 e. The van der Waals surface area contributed by atoms with Crippen LogP contribution in [0.1, 0.15) is 6.92 Å². The number of hydrogen-bond acceptors (Lipinski definition) is 3. The van der Waals surface area contributed by atoms with Gasteiger partial charge >= 0.3 is 6.09 Å². The van der Waals surface area contributed by atoms with Gasteiger partial charge in [-0.25, -0.2) is 4.79 Å². The second-order valence-electron chi connectivity index (χ2n) is 3.20. The molecule has 0 bridgehead atoms. The van der Waals surface area contributed by atoms with Gasteiger partial charge in [-0.15, -0.1) is 0 Å². The molecule has 0 saturated heterocycles. The van der Waals surface area contributed by atoms with Crippen LogP contribution in [0.25, 0.3) is 0 Å². The van der Waals surface area contributed by atoms with Crippen LogP contribution in [0.2, 0.25) is 0 Å². The maximum atomic E-state index is 11.5. The Bertz CT molecular complexity index is 325. The SMILES string of the molecule is C=CCOC(=O)N1CC(C(=O)Cl)=C[C@@H]1C. The molecule has 1 aliphatic rings. The largest absolute Gasteiger partial charge is 0.445 e. The van der Waals surface area contributed by atoms with Gasteiger partial charge in [-0.05, 0) is 18.5 Å². The van der Waals surface area contributed by atoms with Crippen LogP contribution in [-0.4, -0.2) is 35.4 Å². The maximum Gasteiger partial charge on any atom is 0.410 e. The molecule has 1 amide bonds. The second-order valence-corrected chi connectivity index (χ2v) is 3.54. The molecular formula is C10H12ClNO3. The van der Waals surface area contributed by atoms with E-state index in [1.807, 2.05) is 0 Å². The molecule has 0 radical (unpaired) electrons. The van der Waals surface area contributed by atoms with E-state index in [9.17, 15) is 9.59 Å². The first kappa shape index (κ1) is 11.8. The molecule has 1 rings (SSSR count). The molecule has 1 heterocycles. The summed E-state index contributed by atoms with van der Waals surface area (Å²) in [5.41, 5.74) is 0.430. The summed E-state index contributed by atoms with van der Waals surface area (Å²) in [5, 5.41) is -0.527. The summed E-state index contributed by atoms with van der Waals surface area (Å²) in [4.78, 5) is 23.8. The maximum absolute atomic E-state index is 11.5. The Morgan fingerprint density at radius 2 is 2.47 bits per heavy atom. The van der Waals surface area contributed by atoms with Crippen LogP contribution in [0, 0.1) is 0 Å². The highest BCUT2D eigenvalue weighted by atomic mass is 35.5. The Morgan fingerprint density at radius 3 is 2.93 bits per heavy atom. The summed E-state index contributed by atoms with van der Waals surface area (Å²) in [7, 11) is 0. The summed E-state index contributed by atoms with van der Waals surface area (Å²) in [6.45, 7) is 5.60. The monoisotopic (exact) mass is 229 g/mol. The van der Waals surface area contributed by atoms with Gasteiger partial charge in [-0.1, -0.05) is 18.7 Å². The molecule has 0 fully saturated rings. The molecule has 0 spiro atoms. The number of hydrogen-bond donors (Lipinski definition) is 0. The molecule has 5 heteroatoms. The van der Waals surface area contributed by atoms with E-state index in [1.54, 1.807) is 13.0 Å². The van der Waals surface area contributed by atoms with Gasteiger partial charge in [-0.2, -0.15) is 0 Å². The summed E-state index contributed by atoms with van der Waals surface area (Å²) in [6.07, 6.45) is 2.68. The van der Waals surface area contributed by atoms with Gasteiger partial charge in [0.25, 0.3) is 0 Å². The minimum atomic E-state index is -0.527. The van der Waals surface area contributed by atoms with Gasteiger partial charge < -0.3 is 4.74 Å². The van der Waals surface area contributed by atoms with Crippen molar-refractivity contribution >= 4 is 22.9 Å². The molecule has 1 aliphatic heterocycles. The molecule has 0 aliphatic carbocycles. The highest BCUT2D eigenvalue weighted by Gasteiger charge is 2.29. The zero-order chi connectivity index (χ0) is 11.4. The van der Waals surface area contributed by atoms with E-state index >= 15 is 0 Å². The van der Waals surface area contributed by atoms with Crippen LogP contribution in [0.3, 0.4) is 0 Å². The molecule has 0 saturated carbocycles. The average Bonchev–Trinajstić information content (AvgIpc) is 2.57. The van der Waals surface area contributed by atoms with Gasteiger partial charge in [0.15, 0.2) is 0 Å². The van der Waals surface area contributed by atoms with Crippen molar-refractivity contribution < 1.29 is 14.3 Å². The molecule has 82 valence electrons. The molecule has 15 heavy (non-hydrogen) atoms. The minimum Gasteiger partial charge on any atom is -0.445 e. The van der Waals surface area contributed by atoms with Crippen LogP contribution in [0.15, 0.2) is 24.3 Å². The third-order valence-electron chi connectivity index (χ3n) is 2.09. The van der Waals surface area contributed by atoms with Gasteiger partial charge in [0.1, 0.15) is 6.61 Å². The Balaban J connectivity index is 2.58. The normalized spacial score (nSPS) is 19.7. The van der Waals surface area contributed by atoms with Crippen molar-refractivity contribution in [1.29, 1.82) is 0 Å². The zero-order valence-electron chi connectivity index (χ0n) is 8.40. The Labute approximate surface area is 93.1 Å². The Morgan fingerprint density at radius 1 is 1.80 bits per heavy atom. The lowest BCUT2D eigenvalue weighted by atomic mass is 10.3. The van der Waals surface area contributed by atoms with Crippen molar-refractivity contribution in [2.24, 2.45) is 0 Å². The van der Waals surface area contributed by atoms with Crippen molar-refractivity contribution in [2.45, 2.75) is 13.0 Å². The number of halogens is 1. The number of ether oxygens (including phenoxy) is 1. The fourth-order valence-corrected chi connectivity index (χ4v) is 1.46. The third kappa shape index (κ3) is 2.83. The standard InChI is InChI=1S/C10H12ClNO3/c1-3-4-15-10(14)12-6-8(9(11)13)5-7(12)2/h3,5,7H,1,4,6H2,2H3/t7-/m0/s1. The number of carbonyl (C=O) groups is 2. The summed E-state index contributed by atoms with van der Waals surface area (Å²) < 4.78 is 4.85. The fourth-order valence-electron chi connectivity index (χ4n) is 1.33. The lowest BCUT2D eigenvalue weighted by Crippen LogP contribution is -2.35. The molecule has 0 aromatic heterocycles. The van der Waals surface area contributed by atoms with E-state index < -0.39 is 11.3 Å². The topological polar surface area (TPSA) is 46.6 Å². The van der Waals surface area contributed by atoms with E-state index in [1.165, 1.54) is 11.0 Å². The molecular weight excluding hydrogens is 218 g/mol. The molecule has 0 aromatic rings. The molecule has 0 N–H and O–H groups in total. The van der Waals surface area contributed by atoms with Crippen molar-refractivity contribution in [3.63, 3.8) is 0 Å². The van der Waals surface area contributed by atoms with Crippen LogP contribution < -0.4 is 0 Å².